The molecule has 4 rings (SSSR count). The maximum Gasteiger partial charge on any atom is 0.273 e. The monoisotopic (exact) mass is 453 g/mol. The second kappa shape index (κ2) is 9.32. The summed E-state index contributed by atoms with van der Waals surface area (Å²) >= 11 is 1.82. The number of thioether (sulfide) groups is 1. The molecule has 2 fully saturated rings. The van der Waals surface area contributed by atoms with Gasteiger partial charge in [0.1, 0.15) is 0 Å². The van der Waals surface area contributed by atoms with Crippen LogP contribution in [0.15, 0.2) is 48.5 Å². The summed E-state index contributed by atoms with van der Waals surface area (Å²) in [6.07, 6.45) is 2.65. The van der Waals surface area contributed by atoms with Gasteiger partial charge in [0.2, 0.25) is 5.91 Å². The number of likely N-dealkylation sites (tertiary alicyclic amines) is 1. The molecule has 32 heavy (non-hydrogen) atoms. The van der Waals surface area contributed by atoms with Gasteiger partial charge in [0.25, 0.3) is 11.6 Å². The summed E-state index contributed by atoms with van der Waals surface area (Å²) in [5, 5.41) is 11.2. The largest absolute Gasteiger partial charge is 0.338 e. The summed E-state index contributed by atoms with van der Waals surface area (Å²) in [7, 11) is 0. The SMILES string of the molecule is Cc1ccc(C(=O)N2CCC3(CC2)SCCN3C(=O)CCc2ccccc2)cc1[N+](=O)[O-]. The molecule has 0 atom stereocenters. The number of nitro groups is 1. The van der Waals surface area contributed by atoms with Crippen molar-refractivity contribution in [3.8, 4) is 0 Å². The van der Waals surface area contributed by atoms with Crippen LogP contribution < -0.4 is 0 Å². The van der Waals surface area contributed by atoms with E-state index in [9.17, 15) is 19.7 Å². The van der Waals surface area contributed by atoms with E-state index in [0.29, 0.717) is 43.5 Å². The van der Waals surface area contributed by atoms with Crippen molar-refractivity contribution in [2.75, 3.05) is 25.4 Å². The summed E-state index contributed by atoms with van der Waals surface area (Å²) in [5.74, 6) is 0.899. The lowest BCUT2D eigenvalue weighted by Gasteiger charge is -2.44. The molecule has 2 aromatic carbocycles. The van der Waals surface area contributed by atoms with Crippen molar-refractivity contribution in [3.63, 3.8) is 0 Å². The smallest absolute Gasteiger partial charge is 0.273 e. The highest BCUT2D eigenvalue weighted by atomic mass is 32.2. The van der Waals surface area contributed by atoms with Crippen LogP contribution in [0.1, 0.15) is 40.7 Å². The minimum atomic E-state index is -0.453. The zero-order chi connectivity index (χ0) is 22.7. The first kappa shape index (κ1) is 22.3. The molecule has 1 spiro atoms. The molecule has 2 amide bonds. The Morgan fingerprint density at radius 1 is 1.09 bits per heavy atom. The Bertz CT molecular complexity index is 1020. The van der Waals surface area contributed by atoms with Crippen LogP contribution in [-0.4, -0.2) is 56.8 Å². The lowest BCUT2D eigenvalue weighted by molar-refractivity contribution is -0.385. The van der Waals surface area contributed by atoms with E-state index >= 15 is 0 Å². The molecule has 2 aliphatic rings. The Morgan fingerprint density at radius 2 is 1.81 bits per heavy atom. The fraction of sp³-hybridized carbons (Fsp3) is 0.417. The lowest BCUT2D eigenvalue weighted by atomic mass is 9.99. The quantitative estimate of drug-likeness (QED) is 0.504. The highest BCUT2D eigenvalue weighted by molar-refractivity contribution is 8.00. The number of piperidine rings is 1. The fourth-order valence-electron chi connectivity index (χ4n) is 4.59. The number of hydrogen-bond donors (Lipinski definition) is 0. The summed E-state index contributed by atoms with van der Waals surface area (Å²) in [6, 6.07) is 14.7. The van der Waals surface area contributed by atoms with E-state index in [1.54, 1.807) is 24.0 Å². The number of nitrogens with zero attached hydrogens (tertiary/aromatic N) is 3. The molecular formula is C24H27N3O4S. The number of aryl methyl sites for hydroxylation is 2. The molecule has 0 radical (unpaired) electrons. The molecule has 2 heterocycles. The van der Waals surface area contributed by atoms with E-state index < -0.39 is 4.92 Å². The van der Waals surface area contributed by atoms with Gasteiger partial charge in [-0.3, -0.25) is 19.7 Å². The van der Waals surface area contributed by atoms with Crippen molar-refractivity contribution < 1.29 is 14.5 Å². The zero-order valence-corrected chi connectivity index (χ0v) is 19.0. The Labute approximate surface area is 191 Å². The van der Waals surface area contributed by atoms with Gasteiger partial charge in [0.05, 0.1) is 9.79 Å². The average molecular weight is 454 g/mol. The van der Waals surface area contributed by atoms with Gasteiger partial charge in [0, 0.05) is 49.0 Å². The Hall–Kier alpha value is -2.87. The Kier molecular flexibility index (Phi) is 6.50. The Morgan fingerprint density at radius 3 is 2.50 bits per heavy atom. The average Bonchev–Trinajstić information content (AvgIpc) is 3.21. The summed E-state index contributed by atoms with van der Waals surface area (Å²) in [6.45, 7) is 3.49. The van der Waals surface area contributed by atoms with Crippen LogP contribution in [0.2, 0.25) is 0 Å². The first-order valence-corrected chi connectivity index (χ1v) is 11.9. The molecule has 0 bridgehead atoms. The van der Waals surface area contributed by atoms with Crippen molar-refractivity contribution in [3.05, 3.63) is 75.3 Å². The number of nitro benzene ring substituents is 1. The third kappa shape index (κ3) is 4.50. The molecule has 0 N–H and O–H groups in total. The summed E-state index contributed by atoms with van der Waals surface area (Å²) in [5.41, 5.74) is 2.00. The van der Waals surface area contributed by atoms with Crippen LogP contribution >= 0.6 is 11.8 Å². The third-order valence-electron chi connectivity index (χ3n) is 6.43. The van der Waals surface area contributed by atoms with E-state index in [4.69, 9.17) is 0 Å². The van der Waals surface area contributed by atoms with Gasteiger partial charge >= 0.3 is 0 Å². The van der Waals surface area contributed by atoms with Crippen LogP contribution in [0, 0.1) is 17.0 Å². The van der Waals surface area contributed by atoms with E-state index in [1.165, 1.54) is 6.07 Å². The summed E-state index contributed by atoms with van der Waals surface area (Å²) < 4.78 is 0. The second-order valence-electron chi connectivity index (χ2n) is 8.38. The molecule has 2 aliphatic heterocycles. The van der Waals surface area contributed by atoms with Crippen LogP contribution in [0.4, 0.5) is 5.69 Å². The number of hydrogen-bond acceptors (Lipinski definition) is 5. The van der Waals surface area contributed by atoms with Gasteiger partial charge in [-0.05, 0) is 37.8 Å². The van der Waals surface area contributed by atoms with Gasteiger partial charge < -0.3 is 9.80 Å². The first-order chi connectivity index (χ1) is 15.4. The predicted molar refractivity (Wildman–Crippen MR) is 125 cm³/mol. The van der Waals surface area contributed by atoms with Gasteiger partial charge in [0.15, 0.2) is 0 Å². The minimum Gasteiger partial charge on any atom is -0.338 e. The van der Waals surface area contributed by atoms with Crippen molar-refractivity contribution in [1.29, 1.82) is 0 Å². The minimum absolute atomic E-state index is 0.0362. The lowest BCUT2D eigenvalue weighted by Crippen LogP contribution is -2.53. The van der Waals surface area contributed by atoms with E-state index in [1.807, 2.05) is 47.0 Å². The number of carbonyl (C=O) groups is 2. The van der Waals surface area contributed by atoms with Crippen LogP contribution in [0.5, 0.6) is 0 Å². The number of carbonyl (C=O) groups excluding carboxylic acids is 2. The highest BCUT2D eigenvalue weighted by Crippen LogP contribution is 2.44. The molecule has 8 heteroatoms. The molecule has 0 unspecified atom stereocenters. The summed E-state index contributed by atoms with van der Waals surface area (Å²) in [4.78, 5) is 40.3. The molecule has 0 aliphatic carbocycles. The Balaban J connectivity index is 1.39. The van der Waals surface area contributed by atoms with E-state index in [2.05, 4.69) is 0 Å². The standard InChI is InChI=1S/C24H27N3O4S/c1-18-7-9-20(17-21(18)27(30)31)23(29)25-13-11-24(12-14-25)26(15-16-32-24)22(28)10-8-19-5-3-2-4-6-19/h2-7,9,17H,8,10-16H2,1H3. The first-order valence-electron chi connectivity index (χ1n) is 10.9. The zero-order valence-electron chi connectivity index (χ0n) is 18.2. The third-order valence-corrected chi connectivity index (χ3v) is 7.99. The van der Waals surface area contributed by atoms with Crippen LogP contribution in [-0.2, 0) is 11.2 Å². The van der Waals surface area contributed by atoms with Crippen LogP contribution in [0.3, 0.4) is 0 Å². The van der Waals surface area contributed by atoms with Crippen LogP contribution in [0.25, 0.3) is 0 Å². The van der Waals surface area contributed by atoms with E-state index in [-0.39, 0.29) is 22.4 Å². The molecule has 2 saturated heterocycles. The van der Waals surface area contributed by atoms with Gasteiger partial charge in [-0.1, -0.05) is 36.4 Å². The molecule has 2 aromatic rings. The fourth-order valence-corrected chi connectivity index (χ4v) is 6.06. The van der Waals surface area contributed by atoms with Crippen molar-refractivity contribution in [2.45, 2.75) is 37.5 Å². The van der Waals surface area contributed by atoms with Gasteiger partial charge in [-0.25, -0.2) is 0 Å². The molecule has 168 valence electrons. The molecular weight excluding hydrogens is 426 g/mol. The van der Waals surface area contributed by atoms with Gasteiger partial charge in [-0.2, -0.15) is 0 Å². The van der Waals surface area contributed by atoms with Gasteiger partial charge in [-0.15, -0.1) is 11.8 Å². The number of benzene rings is 2. The normalized spacial score (nSPS) is 17.5. The molecule has 0 aromatic heterocycles. The number of rotatable bonds is 5. The maximum absolute atomic E-state index is 13.0. The van der Waals surface area contributed by atoms with Crippen molar-refractivity contribution in [2.24, 2.45) is 0 Å². The topological polar surface area (TPSA) is 83.8 Å². The van der Waals surface area contributed by atoms with Crippen molar-refractivity contribution >= 4 is 29.3 Å². The highest BCUT2D eigenvalue weighted by Gasteiger charge is 2.46. The van der Waals surface area contributed by atoms with E-state index in [0.717, 1.165) is 24.3 Å². The predicted octanol–water partition coefficient (Wildman–Crippen LogP) is 4.04. The molecule has 0 saturated carbocycles. The number of amides is 2. The van der Waals surface area contributed by atoms with Crippen molar-refractivity contribution in [1.82, 2.24) is 9.80 Å². The molecule has 7 nitrogen and oxygen atoms in total. The maximum atomic E-state index is 13.0. The second-order valence-corrected chi connectivity index (χ2v) is 9.83.